The van der Waals surface area contributed by atoms with Crippen molar-refractivity contribution in [3.63, 3.8) is 0 Å². The predicted molar refractivity (Wildman–Crippen MR) is 70.1 cm³/mol. The Kier molecular flexibility index (Phi) is 4.48. The summed E-state index contributed by atoms with van der Waals surface area (Å²) in [5.41, 5.74) is -0.199. The van der Waals surface area contributed by atoms with E-state index in [1.165, 1.54) is 17.1 Å². The van der Waals surface area contributed by atoms with Crippen molar-refractivity contribution in [2.24, 2.45) is 0 Å². The summed E-state index contributed by atoms with van der Waals surface area (Å²) in [5, 5.41) is -0.418. The van der Waals surface area contributed by atoms with Gasteiger partial charge in [0, 0.05) is 12.7 Å². The molecule has 0 N–H and O–H groups in total. The average molecular weight is 356 g/mol. The first-order valence-corrected chi connectivity index (χ1v) is 7.55. The third kappa shape index (κ3) is 3.27. The molecule has 0 saturated heterocycles. The van der Waals surface area contributed by atoms with Gasteiger partial charge in [-0.2, -0.15) is 0 Å². The number of rotatable bonds is 4. The summed E-state index contributed by atoms with van der Waals surface area (Å²) in [6.07, 6.45) is 2.82. The molecular formula is C9H13IN2O3S. The van der Waals surface area contributed by atoms with Crippen LogP contribution in [0.4, 0.5) is 0 Å². The Bertz CT molecular complexity index is 522. The second-order valence-corrected chi connectivity index (χ2v) is 7.49. The van der Waals surface area contributed by atoms with E-state index >= 15 is 0 Å². The largest absolute Gasteiger partial charge is 0.297 e. The number of aromatic nitrogens is 2. The fourth-order valence-corrected chi connectivity index (χ4v) is 2.44. The average Bonchev–Trinajstić information content (AvgIpc) is 2.20. The summed E-state index contributed by atoms with van der Waals surface area (Å²) in [5.74, 6) is -0.0354. The highest BCUT2D eigenvalue weighted by atomic mass is 127. The highest BCUT2D eigenvalue weighted by Crippen LogP contribution is 2.01. The number of nitrogens with zero attached hydrogens (tertiary/aromatic N) is 2. The van der Waals surface area contributed by atoms with E-state index in [9.17, 15) is 13.2 Å². The lowest BCUT2D eigenvalue weighted by Crippen LogP contribution is -2.28. The molecule has 1 heterocycles. The van der Waals surface area contributed by atoms with Crippen LogP contribution < -0.4 is 5.56 Å². The third-order valence-corrected chi connectivity index (χ3v) is 5.12. The van der Waals surface area contributed by atoms with Crippen molar-refractivity contribution in [1.29, 1.82) is 0 Å². The molecule has 0 fully saturated rings. The molecule has 0 amide bonds. The van der Waals surface area contributed by atoms with Crippen LogP contribution in [-0.2, 0) is 16.4 Å². The Morgan fingerprint density at radius 3 is 2.69 bits per heavy atom. The van der Waals surface area contributed by atoms with Gasteiger partial charge in [-0.05, 0) is 36.4 Å². The van der Waals surface area contributed by atoms with Crippen LogP contribution in [0, 0.1) is 3.57 Å². The van der Waals surface area contributed by atoms with Crippen molar-refractivity contribution < 1.29 is 8.42 Å². The van der Waals surface area contributed by atoms with Crippen molar-refractivity contribution >= 4 is 32.4 Å². The zero-order valence-electron chi connectivity index (χ0n) is 9.05. The third-order valence-electron chi connectivity index (χ3n) is 2.19. The van der Waals surface area contributed by atoms with E-state index in [2.05, 4.69) is 4.98 Å². The number of hydrogen-bond donors (Lipinski definition) is 0. The molecule has 16 heavy (non-hydrogen) atoms. The number of aryl methyl sites for hydroxylation is 1. The zero-order valence-corrected chi connectivity index (χ0v) is 12.0. The molecular weight excluding hydrogens is 343 g/mol. The lowest BCUT2D eigenvalue weighted by molar-refractivity contribution is 0.577. The first-order valence-electron chi connectivity index (χ1n) is 4.76. The van der Waals surface area contributed by atoms with E-state index in [4.69, 9.17) is 0 Å². The van der Waals surface area contributed by atoms with Gasteiger partial charge in [0.1, 0.15) is 0 Å². The molecule has 0 aliphatic rings. The smallest absolute Gasteiger partial charge is 0.266 e. The number of halogens is 1. The maximum Gasteiger partial charge on any atom is 0.266 e. The SMILES string of the molecule is CC(C)S(=O)(=O)CCn1cncc(I)c1=O. The normalized spacial score (nSPS) is 12.0. The first kappa shape index (κ1) is 13.6. The fraction of sp³-hybridized carbons (Fsp3) is 0.556. The molecule has 1 aromatic rings. The van der Waals surface area contributed by atoms with Crippen LogP contribution in [0.3, 0.4) is 0 Å². The summed E-state index contributed by atoms with van der Waals surface area (Å²) >= 11 is 1.88. The van der Waals surface area contributed by atoms with Gasteiger partial charge in [-0.25, -0.2) is 13.4 Å². The highest BCUT2D eigenvalue weighted by molar-refractivity contribution is 14.1. The van der Waals surface area contributed by atoms with Crippen molar-refractivity contribution in [2.45, 2.75) is 25.6 Å². The second-order valence-electron chi connectivity index (χ2n) is 3.66. The van der Waals surface area contributed by atoms with Gasteiger partial charge < -0.3 is 0 Å². The monoisotopic (exact) mass is 356 g/mol. The van der Waals surface area contributed by atoms with Crippen LogP contribution in [0.2, 0.25) is 0 Å². The van der Waals surface area contributed by atoms with Gasteiger partial charge in [0.15, 0.2) is 9.84 Å². The summed E-state index contributed by atoms with van der Waals surface area (Å²) in [4.78, 5) is 15.4. The van der Waals surface area contributed by atoms with Gasteiger partial charge in [0.25, 0.3) is 5.56 Å². The van der Waals surface area contributed by atoms with E-state index in [0.29, 0.717) is 3.57 Å². The second kappa shape index (κ2) is 5.26. The Labute approximate surface area is 108 Å². The van der Waals surface area contributed by atoms with Crippen molar-refractivity contribution in [2.75, 3.05) is 5.75 Å². The standard InChI is InChI=1S/C9H13IN2O3S/c1-7(2)16(14,15)4-3-12-6-11-5-8(10)9(12)13/h5-7H,3-4H2,1-2H3. The molecule has 0 atom stereocenters. The fourth-order valence-electron chi connectivity index (χ4n) is 1.04. The molecule has 0 radical (unpaired) electrons. The minimum absolute atomic E-state index is 0.0354. The molecule has 1 rings (SSSR count). The Hall–Kier alpha value is -0.440. The van der Waals surface area contributed by atoms with Gasteiger partial charge in [-0.3, -0.25) is 9.36 Å². The molecule has 7 heteroatoms. The molecule has 0 saturated carbocycles. The molecule has 0 aromatic carbocycles. The molecule has 0 unspecified atom stereocenters. The van der Waals surface area contributed by atoms with Crippen LogP contribution in [-0.4, -0.2) is 29.0 Å². The number of sulfone groups is 1. The Morgan fingerprint density at radius 2 is 2.12 bits per heavy atom. The maximum atomic E-state index is 11.6. The Morgan fingerprint density at radius 1 is 1.50 bits per heavy atom. The summed E-state index contributed by atoms with van der Waals surface area (Å²) in [6.45, 7) is 3.42. The van der Waals surface area contributed by atoms with Crippen LogP contribution in [0.15, 0.2) is 17.3 Å². The van der Waals surface area contributed by atoms with Crippen LogP contribution >= 0.6 is 22.6 Å². The van der Waals surface area contributed by atoms with E-state index in [1.54, 1.807) is 13.8 Å². The summed E-state index contributed by atoms with van der Waals surface area (Å²) in [6, 6.07) is 0. The minimum atomic E-state index is -3.12. The Balaban J connectivity index is 2.85. The van der Waals surface area contributed by atoms with Crippen LogP contribution in [0.1, 0.15) is 13.8 Å². The highest BCUT2D eigenvalue weighted by Gasteiger charge is 2.16. The van der Waals surface area contributed by atoms with Gasteiger partial charge in [0.2, 0.25) is 0 Å². The van der Waals surface area contributed by atoms with Crippen molar-refractivity contribution in [3.05, 3.63) is 26.4 Å². The van der Waals surface area contributed by atoms with Crippen molar-refractivity contribution in [3.8, 4) is 0 Å². The lowest BCUT2D eigenvalue weighted by atomic mass is 10.6. The predicted octanol–water partition coefficient (Wildman–Crippen LogP) is 0.671. The van der Waals surface area contributed by atoms with E-state index in [1.807, 2.05) is 22.6 Å². The van der Waals surface area contributed by atoms with Crippen LogP contribution in [0.5, 0.6) is 0 Å². The van der Waals surface area contributed by atoms with Crippen molar-refractivity contribution in [1.82, 2.24) is 9.55 Å². The van der Waals surface area contributed by atoms with E-state index < -0.39 is 15.1 Å². The minimum Gasteiger partial charge on any atom is -0.297 e. The molecule has 0 bridgehead atoms. The van der Waals surface area contributed by atoms with E-state index in [0.717, 1.165) is 0 Å². The van der Waals surface area contributed by atoms with Crippen LogP contribution in [0.25, 0.3) is 0 Å². The molecule has 5 nitrogen and oxygen atoms in total. The van der Waals surface area contributed by atoms with Gasteiger partial charge in [0.05, 0.1) is 20.9 Å². The first-order chi connectivity index (χ1) is 7.34. The summed E-state index contributed by atoms with van der Waals surface area (Å²) < 4.78 is 24.9. The molecule has 0 aliphatic carbocycles. The topological polar surface area (TPSA) is 69.0 Å². The van der Waals surface area contributed by atoms with Gasteiger partial charge in [-0.15, -0.1) is 0 Å². The molecule has 0 aliphatic heterocycles. The zero-order chi connectivity index (χ0) is 12.3. The molecule has 90 valence electrons. The molecule has 1 aromatic heterocycles. The summed E-state index contributed by atoms with van der Waals surface area (Å²) in [7, 11) is -3.12. The quantitative estimate of drug-likeness (QED) is 0.744. The van der Waals surface area contributed by atoms with Gasteiger partial charge >= 0.3 is 0 Å². The maximum absolute atomic E-state index is 11.6. The number of hydrogen-bond acceptors (Lipinski definition) is 4. The lowest BCUT2D eigenvalue weighted by Gasteiger charge is -2.08. The van der Waals surface area contributed by atoms with E-state index in [-0.39, 0.29) is 17.9 Å². The molecule has 0 spiro atoms. The van der Waals surface area contributed by atoms with Gasteiger partial charge in [-0.1, -0.05) is 0 Å².